The quantitative estimate of drug-likeness (QED) is 0.523. The van der Waals surface area contributed by atoms with E-state index < -0.39 is 0 Å². The van der Waals surface area contributed by atoms with Crippen molar-refractivity contribution in [2.24, 2.45) is 0 Å². The van der Waals surface area contributed by atoms with Crippen molar-refractivity contribution in [2.45, 2.75) is 38.3 Å². The number of aromatic amines is 1. The monoisotopic (exact) mass is 493 g/mol. The fourth-order valence-electron chi connectivity index (χ4n) is 5.15. The van der Waals surface area contributed by atoms with Gasteiger partial charge < -0.3 is 29.4 Å². The number of pyridine rings is 1. The smallest absolute Gasteiger partial charge is 0.254 e. The Morgan fingerprint density at radius 3 is 2.71 bits per heavy atom. The molecule has 2 aromatic carbocycles. The van der Waals surface area contributed by atoms with E-state index in [1.807, 2.05) is 37.3 Å². The number of nitrogens with zero attached hydrogens (tertiary/aromatic N) is 1. The predicted molar refractivity (Wildman–Crippen MR) is 141 cm³/mol. The van der Waals surface area contributed by atoms with Crippen LogP contribution in [0, 0.1) is 6.92 Å². The Kier molecular flexibility index (Phi) is 6.67. The minimum atomic E-state index is -0.364. The molecule has 1 fully saturated rings. The Bertz CT molecular complexity index is 1320. The molecule has 0 unspecified atom stereocenters. The Morgan fingerprint density at radius 2 is 1.97 bits per heavy atom. The van der Waals surface area contributed by atoms with Crippen molar-refractivity contribution in [2.75, 3.05) is 33.9 Å². The number of hydrogen-bond donors (Lipinski definition) is 2. The molecule has 2 N–H and O–H groups in total. The third kappa shape index (κ3) is 4.60. The number of aromatic nitrogens is 1. The summed E-state index contributed by atoms with van der Waals surface area (Å²) in [4.78, 5) is 18.6. The minimum absolute atomic E-state index is 0.124. The molecular formula is C27H31N3O4S. The van der Waals surface area contributed by atoms with Gasteiger partial charge in [0.15, 0.2) is 16.6 Å². The number of ether oxygens (including phenoxy) is 3. The number of fused-ring (bicyclic) bond motifs is 2. The van der Waals surface area contributed by atoms with Crippen LogP contribution in [0.15, 0.2) is 41.2 Å². The van der Waals surface area contributed by atoms with Crippen LogP contribution in [-0.2, 0) is 11.2 Å². The zero-order valence-corrected chi connectivity index (χ0v) is 21.2. The van der Waals surface area contributed by atoms with Gasteiger partial charge in [-0.2, -0.15) is 0 Å². The van der Waals surface area contributed by atoms with Gasteiger partial charge in [-0.15, -0.1) is 0 Å². The van der Waals surface area contributed by atoms with Crippen LogP contribution in [-0.4, -0.2) is 55.0 Å². The van der Waals surface area contributed by atoms with Gasteiger partial charge in [0, 0.05) is 30.8 Å². The average molecular weight is 494 g/mol. The highest BCUT2D eigenvalue weighted by Crippen LogP contribution is 2.40. The lowest BCUT2D eigenvalue weighted by Crippen LogP contribution is -2.48. The molecular weight excluding hydrogens is 462 g/mol. The van der Waals surface area contributed by atoms with Crippen molar-refractivity contribution in [3.05, 3.63) is 69.0 Å². The number of aryl methyl sites for hydroxylation is 1. The highest BCUT2D eigenvalue weighted by molar-refractivity contribution is 7.80. The molecule has 0 saturated carbocycles. The molecule has 3 heterocycles. The van der Waals surface area contributed by atoms with Crippen molar-refractivity contribution < 1.29 is 14.2 Å². The summed E-state index contributed by atoms with van der Waals surface area (Å²) >= 11 is 5.88. The second kappa shape index (κ2) is 9.87. The van der Waals surface area contributed by atoms with Crippen molar-refractivity contribution >= 4 is 28.2 Å². The molecule has 2 aliphatic heterocycles. The normalized spacial score (nSPS) is 19.5. The van der Waals surface area contributed by atoms with Gasteiger partial charge in [-0.1, -0.05) is 11.6 Å². The first kappa shape index (κ1) is 23.6. The van der Waals surface area contributed by atoms with E-state index in [4.69, 9.17) is 26.4 Å². The zero-order chi connectivity index (χ0) is 24.5. The van der Waals surface area contributed by atoms with Crippen LogP contribution in [0.25, 0.3) is 10.9 Å². The lowest BCUT2D eigenvalue weighted by molar-refractivity contribution is 0.113. The molecule has 2 aliphatic rings. The maximum atomic E-state index is 13.4. The van der Waals surface area contributed by atoms with Crippen molar-refractivity contribution in [3.63, 3.8) is 0 Å². The number of benzene rings is 2. The van der Waals surface area contributed by atoms with Crippen LogP contribution in [0.4, 0.5) is 0 Å². The average Bonchev–Trinajstić information content (AvgIpc) is 3.39. The SMILES string of the molecule is COc1cc2c(cc1OC)[C@H](c1cc3cc(C)ccc3[nH]c1=O)N(C(=S)NC[C@H]1CCCO1)CC2. The van der Waals surface area contributed by atoms with Crippen LogP contribution >= 0.6 is 12.2 Å². The maximum Gasteiger partial charge on any atom is 0.254 e. The topological polar surface area (TPSA) is 75.8 Å². The Hall–Kier alpha value is -3.10. The van der Waals surface area contributed by atoms with Crippen LogP contribution in [0.5, 0.6) is 11.5 Å². The fraction of sp³-hybridized carbons (Fsp3) is 0.407. The lowest BCUT2D eigenvalue weighted by Gasteiger charge is -2.39. The molecule has 5 rings (SSSR count). The molecule has 0 aliphatic carbocycles. The van der Waals surface area contributed by atoms with E-state index in [-0.39, 0.29) is 17.7 Å². The van der Waals surface area contributed by atoms with Gasteiger partial charge in [-0.3, -0.25) is 4.79 Å². The number of thiocarbonyl (C=S) groups is 1. The van der Waals surface area contributed by atoms with Crippen LogP contribution in [0.3, 0.4) is 0 Å². The molecule has 3 aromatic rings. The van der Waals surface area contributed by atoms with Gasteiger partial charge in [-0.25, -0.2) is 0 Å². The maximum absolute atomic E-state index is 13.4. The zero-order valence-electron chi connectivity index (χ0n) is 20.3. The summed E-state index contributed by atoms with van der Waals surface area (Å²) < 4.78 is 16.9. The fourth-order valence-corrected chi connectivity index (χ4v) is 5.43. The highest BCUT2D eigenvalue weighted by Gasteiger charge is 2.34. The van der Waals surface area contributed by atoms with Crippen LogP contribution in [0.1, 0.15) is 41.1 Å². The molecule has 0 amide bonds. The van der Waals surface area contributed by atoms with Crippen LogP contribution < -0.4 is 20.3 Å². The molecule has 2 atom stereocenters. The van der Waals surface area contributed by atoms with E-state index in [0.29, 0.717) is 35.3 Å². The lowest BCUT2D eigenvalue weighted by atomic mass is 9.88. The first-order valence-corrected chi connectivity index (χ1v) is 12.4. The van der Waals surface area contributed by atoms with Crippen molar-refractivity contribution in [1.29, 1.82) is 0 Å². The Balaban J connectivity index is 1.60. The number of H-pyrrole nitrogens is 1. The molecule has 0 bridgehead atoms. The highest BCUT2D eigenvalue weighted by atomic mass is 32.1. The molecule has 35 heavy (non-hydrogen) atoms. The van der Waals surface area contributed by atoms with E-state index in [1.54, 1.807) is 14.2 Å². The second-order valence-electron chi connectivity index (χ2n) is 9.22. The Labute approximate surface area is 210 Å². The van der Waals surface area contributed by atoms with E-state index in [9.17, 15) is 4.79 Å². The summed E-state index contributed by atoms with van der Waals surface area (Å²) in [5, 5.41) is 5.02. The third-order valence-corrected chi connectivity index (χ3v) is 7.34. The molecule has 1 saturated heterocycles. The summed E-state index contributed by atoms with van der Waals surface area (Å²) in [6, 6.07) is 11.7. The largest absolute Gasteiger partial charge is 0.493 e. The molecule has 1 aromatic heterocycles. The van der Waals surface area contributed by atoms with Gasteiger partial charge in [-0.05, 0) is 85.2 Å². The van der Waals surface area contributed by atoms with Gasteiger partial charge >= 0.3 is 0 Å². The van der Waals surface area contributed by atoms with Gasteiger partial charge in [0.05, 0.1) is 26.4 Å². The summed E-state index contributed by atoms with van der Waals surface area (Å²) in [7, 11) is 3.26. The van der Waals surface area contributed by atoms with E-state index in [2.05, 4.69) is 21.3 Å². The molecule has 0 spiro atoms. The number of methoxy groups -OCH3 is 2. The van der Waals surface area contributed by atoms with Crippen molar-refractivity contribution in [1.82, 2.24) is 15.2 Å². The third-order valence-electron chi connectivity index (χ3n) is 6.96. The summed E-state index contributed by atoms with van der Waals surface area (Å²) in [6.45, 7) is 4.18. The molecule has 184 valence electrons. The predicted octanol–water partition coefficient (Wildman–Crippen LogP) is 3.85. The second-order valence-corrected chi connectivity index (χ2v) is 9.60. The minimum Gasteiger partial charge on any atom is -0.493 e. The Morgan fingerprint density at radius 1 is 1.17 bits per heavy atom. The summed E-state index contributed by atoms with van der Waals surface area (Å²) in [5.41, 5.74) is 4.59. The molecule has 0 radical (unpaired) electrons. The van der Waals surface area contributed by atoms with Gasteiger partial charge in [0.1, 0.15) is 0 Å². The van der Waals surface area contributed by atoms with E-state index >= 15 is 0 Å². The van der Waals surface area contributed by atoms with Crippen LogP contribution in [0.2, 0.25) is 0 Å². The molecule has 8 heteroatoms. The van der Waals surface area contributed by atoms with E-state index in [0.717, 1.165) is 53.5 Å². The first-order chi connectivity index (χ1) is 17.0. The number of nitrogens with one attached hydrogen (secondary N) is 2. The van der Waals surface area contributed by atoms with Crippen molar-refractivity contribution in [3.8, 4) is 11.5 Å². The standard InChI is InChI=1S/C27H31N3O4S/c1-16-6-7-22-18(11-16)12-21(26(31)29-22)25-20-14-24(33-3)23(32-2)13-17(20)8-9-30(25)27(35)28-15-19-5-4-10-34-19/h6-7,11-14,19,25H,4-5,8-10,15H2,1-3H3,(H,28,35)(H,29,31)/t19-,25-/m1/s1. The van der Waals surface area contributed by atoms with E-state index in [1.165, 1.54) is 0 Å². The first-order valence-electron chi connectivity index (χ1n) is 12.0. The van der Waals surface area contributed by atoms with Gasteiger partial charge in [0.2, 0.25) is 0 Å². The van der Waals surface area contributed by atoms with Gasteiger partial charge in [0.25, 0.3) is 5.56 Å². The summed E-state index contributed by atoms with van der Waals surface area (Å²) in [5.74, 6) is 1.31. The molecule has 7 nitrogen and oxygen atoms in total. The number of hydrogen-bond acceptors (Lipinski definition) is 5. The summed E-state index contributed by atoms with van der Waals surface area (Å²) in [6.07, 6.45) is 3.05. The number of rotatable bonds is 5.